The van der Waals surface area contributed by atoms with Crippen LogP contribution >= 0.6 is 28.1 Å². The molecule has 2 unspecified atom stereocenters. The van der Waals surface area contributed by atoms with Gasteiger partial charge in [-0.2, -0.15) is 0 Å². The Morgan fingerprint density at radius 1 is 1.50 bits per heavy atom. The van der Waals surface area contributed by atoms with E-state index in [0.717, 1.165) is 16.5 Å². The number of hydrogen-bond acceptors (Lipinski definition) is 2. The second-order valence-electron chi connectivity index (χ2n) is 4.92. The van der Waals surface area contributed by atoms with E-state index in [-0.39, 0.29) is 0 Å². The number of nitrogens with zero attached hydrogens (tertiary/aromatic N) is 1. The lowest BCUT2D eigenvalue weighted by Crippen LogP contribution is -2.35. The van der Waals surface area contributed by atoms with Crippen molar-refractivity contribution in [2.75, 3.05) is 4.90 Å². The zero-order chi connectivity index (χ0) is 13.3. The third-order valence-corrected chi connectivity index (χ3v) is 4.47. The van der Waals surface area contributed by atoms with Crippen molar-refractivity contribution in [1.82, 2.24) is 0 Å². The SMILES string of the molecule is CCC1CCC(C)N1c1ccc(Br)cc1C(N)=S. The molecule has 2 atom stereocenters. The van der Waals surface area contributed by atoms with Gasteiger partial charge in [-0.25, -0.2) is 0 Å². The second kappa shape index (κ2) is 5.57. The Hall–Kier alpha value is -0.610. The third kappa shape index (κ3) is 2.54. The molecule has 2 nitrogen and oxygen atoms in total. The van der Waals surface area contributed by atoms with Gasteiger partial charge in [-0.15, -0.1) is 0 Å². The Kier molecular flexibility index (Phi) is 4.28. The minimum atomic E-state index is 0.472. The van der Waals surface area contributed by atoms with Gasteiger partial charge in [0.25, 0.3) is 0 Å². The number of hydrogen-bond donors (Lipinski definition) is 1. The molecule has 2 N–H and O–H groups in total. The van der Waals surface area contributed by atoms with Crippen LogP contribution in [0.1, 0.15) is 38.7 Å². The van der Waals surface area contributed by atoms with Crippen molar-refractivity contribution >= 4 is 38.8 Å². The zero-order valence-corrected chi connectivity index (χ0v) is 13.2. The molecule has 0 aliphatic carbocycles. The molecule has 2 rings (SSSR count). The Morgan fingerprint density at radius 2 is 2.22 bits per heavy atom. The lowest BCUT2D eigenvalue weighted by Gasteiger charge is -2.32. The molecule has 0 amide bonds. The monoisotopic (exact) mass is 326 g/mol. The van der Waals surface area contributed by atoms with E-state index < -0.39 is 0 Å². The first kappa shape index (κ1) is 13.8. The molecule has 0 bridgehead atoms. The van der Waals surface area contributed by atoms with Crippen LogP contribution in [0.3, 0.4) is 0 Å². The molecule has 1 aliphatic heterocycles. The minimum Gasteiger partial charge on any atom is -0.389 e. The predicted molar refractivity (Wildman–Crippen MR) is 85.3 cm³/mol. The highest BCUT2D eigenvalue weighted by Crippen LogP contribution is 2.35. The molecule has 1 fully saturated rings. The summed E-state index contributed by atoms with van der Waals surface area (Å²) in [5.41, 5.74) is 8.03. The molecule has 0 saturated carbocycles. The van der Waals surface area contributed by atoms with E-state index in [9.17, 15) is 0 Å². The largest absolute Gasteiger partial charge is 0.389 e. The van der Waals surface area contributed by atoms with Crippen LogP contribution in [0.4, 0.5) is 5.69 Å². The molecule has 98 valence electrons. The van der Waals surface area contributed by atoms with Crippen molar-refractivity contribution in [3.63, 3.8) is 0 Å². The van der Waals surface area contributed by atoms with Crippen LogP contribution in [-0.2, 0) is 0 Å². The van der Waals surface area contributed by atoms with Crippen molar-refractivity contribution in [3.8, 4) is 0 Å². The van der Waals surface area contributed by atoms with Crippen molar-refractivity contribution in [3.05, 3.63) is 28.2 Å². The number of halogens is 1. The van der Waals surface area contributed by atoms with Gasteiger partial charge in [-0.3, -0.25) is 0 Å². The number of thiocarbonyl (C=S) groups is 1. The van der Waals surface area contributed by atoms with Crippen LogP contribution in [0, 0.1) is 0 Å². The minimum absolute atomic E-state index is 0.472. The summed E-state index contributed by atoms with van der Waals surface area (Å²) in [6, 6.07) is 7.38. The van der Waals surface area contributed by atoms with Crippen LogP contribution in [0.5, 0.6) is 0 Å². The summed E-state index contributed by atoms with van der Waals surface area (Å²) in [5.74, 6) is 0. The quantitative estimate of drug-likeness (QED) is 0.855. The fourth-order valence-electron chi connectivity index (χ4n) is 2.84. The summed E-state index contributed by atoms with van der Waals surface area (Å²) in [7, 11) is 0. The number of nitrogens with two attached hydrogens (primary N) is 1. The van der Waals surface area contributed by atoms with E-state index in [1.165, 1.54) is 18.5 Å². The van der Waals surface area contributed by atoms with Gasteiger partial charge >= 0.3 is 0 Å². The van der Waals surface area contributed by atoms with Crippen LogP contribution < -0.4 is 10.6 Å². The van der Waals surface area contributed by atoms with Crippen molar-refractivity contribution in [2.24, 2.45) is 5.73 Å². The molecular weight excluding hydrogens is 308 g/mol. The summed E-state index contributed by atoms with van der Waals surface area (Å²) >= 11 is 8.68. The first-order chi connectivity index (χ1) is 8.54. The van der Waals surface area contributed by atoms with Gasteiger partial charge in [-0.1, -0.05) is 35.1 Å². The van der Waals surface area contributed by atoms with Crippen molar-refractivity contribution in [1.29, 1.82) is 0 Å². The fourth-order valence-corrected chi connectivity index (χ4v) is 3.36. The molecule has 0 spiro atoms. The van der Waals surface area contributed by atoms with Crippen molar-refractivity contribution < 1.29 is 0 Å². The lowest BCUT2D eigenvalue weighted by atomic mass is 10.1. The van der Waals surface area contributed by atoms with E-state index >= 15 is 0 Å². The number of anilines is 1. The first-order valence-electron chi connectivity index (χ1n) is 6.42. The standard InChI is InChI=1S/C14H19BrN2S/c1-3-11-6-4-9(2)17(11)13-7-5-10(15)8-12(13)14(16)18/h5,7-9,11H,3-4,6H2,1-2H3,(H2,16,18). The average molecular weight is 327 g/mol. The normalized spacial score (nSPS) is 23.4. The Morgan fingerprint density at radius 3 is 2.83 bits per heavy atom. The molecule has 1 saturated heterocycles. The molecule has 1 heterocycles. The van der Waals surface area contributed by atoms with Gasteiger partial charge in [-0.05, 0) is 44.4 Å². The highest BCUT2D eigenvalue weighted by molar-refractivity contribution is 9.10. The molecule has 1 aromatic carbocycles. The molecule has 18 heavy (non-hydrogen) atoms. The van der Waals surface area contributed by atoms with Crippen molar-refractivity contribution in [2.45, 2.75) is 45.2 Å². The maximum absolute atomic E-state index is 5.87. The van der Waals surface area contributed by atoms with Crippen LogP contribution in [-0.4, -0.2) is 17.1 Å². The molecule has 0 aromatic heterocycles. The summed E-state index contributed by atoms with van der Waals surface area (Å²) in [6.45, 7) is 4.52. The second-order valence-corrected chi connectivity index (χ2v) is 6.28. The Labute approximate surface area is 123 Å². The van der Waals surface area contributed by atoms with Gasteiger partial charge in [0.1, 0.15) is 4.99 Å². The first-order valence-corrected chi connectivity index (χ1v) is 7.62. The predicted octanol–water partition coefficient (Wildman–Crippen LogP) is 3.85. The zero-order valence-electron chi connectivity index (χ0n) is 10.8. The summed E-state index contributed by atoms with van der Waals surface area (Å²) in [5, 5.41) is 0. The third-order valence-electron chi connectivity index (χ3n) is 3.76. The smallest absolute Gasteiger partial charge is 0.106 e. The topological polar surface area (TPSA) is 29.3 Å². The van der Waals surface area contributed by atoms with Crippen LogP contribution in [0.25, 0.3) is 0 Å². The Balaban J connectivity index is 2.46. The summed E-state index contributed by atoms with van der Waals surface area (Å²) in [4.78, 5) is 2.96. The van der Waals surface area contributed by atoms with Gasteiger partial charge in [0.2, 0.25) is 0 Å². The van der Waals surface area contributed by atoms with E-state index in [1.807, 2.05) is 6.07 Å². The fraction of sp³-hybridized carbons (Fsp3) is 0.500. The summed E-state index contributed by atoms with van der Waals surface area (Å²) in [6.07, 6.45) is 3.66. The van der Waals surface area contributed by atoms with E-state index in [0.29, 0.717) is 17.1 Å². The maximum Gasteiger partial charge on any atom is 0.106 e. The maximum atomic E-state index is 5.87. The number of rotatable bonds is 3. The van der Waals surface area contributed by atoms with E-state index in [4.69, 9.17) is 18.0 Å². The number of benzene rings is 1. The highest BCUT2D eigenvalue weighted by atomic mass is 79.9. The van der Waals surface area contributed by atoms with Gasteiger partial charge < -0.3 is 10.6 Å². The lowest BCUT2D eigenvalue weighted by molar-refractivity contribution is 0.628. The van der Waals surface area contributed by atoms with Gasteiger partial charge in [0, 0.05) is 27.8 Å². The van der Waals surface area contributed by atoms with Crippen LogP contribution in [0.2, 0.25) is 0 Å². The molecule has 4 heteroatoms. The van der Waals surface area contributed by atoms with E-state index in [2.05, 4.69) is 46.8 Å². The van der Waals surface area contributed by atoms with Gasteiger partial charge in [0.15, 0.2) is 0 Å². The highest BCUT2D eigenvalue weighted by Gasteiger charge is 2.31. The van der Waals surface area contributed by atoms with E-state index in [1.54, 1.807) is 0 Å². The molecule has 1 aromatic rings. The molecular formula is C14H19BrN2S. The molecule has 1 aliphatic rings. The van der Waals surface area contributed by atoms with Gasteiger partial charge in [0.05, 0.1) is 0 Å². The average Bonchev–Trinajstić information content (AvgIpc) is 2.70. The Bertz CT molecular complexity index is 461. The summed E-state index contributed by atoms with van der Waals surface area (Å²) < 4.78 is 1.02. The van der Waals surface area contributed by atoms with Crippen LogP contribution in [0.15, 0.2) is 22.7 Å². The molecule has 0 radical (unpaired) electrons.